The van der Waals surface area contributed by atoms with Gasteiger partial charge in [0.2, 0.25) is 0 Å². The van der Waals surface area contributed by atoms with E-state index in [1.54, 1.807) is 22.3 Å². The average molecular weight is 286 g/mol. The fraction of sp³-hybridized carbons (Fsp3) is 0.231. The van der Waals surface area contributed by atoms with Gasteiger partial charge in [-0.3, -0.25) is 0 Å². The molecule has 1 unspecified atom stereocenters. The van der Waals surface area contributed by atoms with Gasteiger partial charge >= 0.3 is 0 Å². The van der Waals surface area contributed by atoms with Crippen LogP contribution < -0.4 is 5.32 Å². The molecule has 0 aliphatic rings. The van der Waals surface area contributed by atoms with Gasteiger partial charge in [-0.15, -0.1) is 16.4 Å². The zero-order valence-corrected chi connectivity index (χ0v) is 12.0. The smallest absolute Gasteiger partial charge is 0.143 e. The molecule has 102 valence electrons. The number of aryl methyl sites for hydroxylation is 1. The van der Waals surface area contributed by atoms with Gasteiger partial charge in [0.25, 0.3) is 0 Å². The number of hydrogen-bond acceptors (Lipinski definition) is 6. The Kier molecular flexibility index (Phi) is 3.42. The van der Waals surface area contributed by atoms with E-state index < -0.39 is 0 Å². The van der Waals surface area contributed by atoms with Gasteiger partial charge in [-0.2, -0.15) is 4.68 Å². The predicted molar refractivity (Wildman–Crippen MR) is 78.0 cm³/mol. The van der Waals surface area contributed by atoms with E-state index in [1.165, 1.54) is 0 Å². The predicted octanol–water partition coefficient (Wildman–Crippen LogP) is 2.60. The van der Waals surface area contributed by atoms with Gasteiger partial charge in [-0.1, -0.05) is 12.1 Å². The molecule has 0 saturated carbocycles. The second kappa shape index (κ2) is 5.38. The van der Waals surface area contributed by atoms with Crippen molar-refractivity contribution in [2.24, 2.45) is 0 Å². The van der Waals surface area contributed by atoms with E-state index >= 15 is 0 Å². The van der Waals surface area contributed by atoms with Crippen molar-refractivity contribution in [1.82, 2.24) is 25.2 Å². The van der Waals surface area contributed by atoms with E-state index in [0.29, 0.717) is 0 Å². The van der Waals surface area contributed by atoms with Crippen LogP contribution in [-0.4, -0.2) is 25.2 Å². The first kappa shape index (κ1) is 12.7. The summed E-state index contributed by atoms with van der Waals surface area (Å²) in [5.74, 6) is 0. The number of tetrazole rings is 1. The van der Waals surface area contributed by atoms with E-state index in [9.17, 15) is 0 Å². The Labute approximate surface area is 120 Å². The summed E-state index contributed by atoms with van der Waals surface area (Å²) >= 11 is 1.66. The minimum atomic E-state index is 0.123. The quantitative estimate of drug-likeness (QED) is 0.798. The molecule has 0 fully saturated rings. The molecule has 1 aromatic carbocycles. The molecule has 1 N–H and O–H groups in total. The Hall–Kier alpha value is -2.28. The van der Waals surface area contributed by atoms with Crippen LogP contribution in [0.4, 0.5) is 5.69 Å². The van der Waals surface area contributed by atoms with Crippen LogP contribution in [-0.2, 0) is 0 Å². The second-order valence-electron chi connectivity index (χ2n) is 4.43. The zero-order valence-electron chi connectivity index (χ0n) is 11.2. The molecule has 0 spiro atoms. The molecule has 3 aromatic rings. The normalized spacial score (nSPS) is 12.3. The number of benzene rings is 1. The summed E-state index contributed by atoms with van der Waals surface area (Å²) in [7, 11) is 0. The second-order valence-corrected chi connectivity index (χ2v) is 5.49. The van der Waals surface area contributed by atoms with Crippen molar-refractivity contribution >= 4 is 17.0 Å². The zero-order chi connectivity index (χ0) is 13.9. The fourth-order valence-electron chi connectivity index (χ4n) is 1.95. The maximum atomic E-state index is 4.51. The minimum Gasteiger partial charge on any atom is -0.375 e. The van der Waals surface area contributed by atoms with Crippen LogP contribution in [0.3, 0.4) is 0 Å². The molecule has 20 heavy (non-hydrogen) atoms. The Bertz CT molecular complexity index is 690. The van der Waals surface area contributed by atoms with E-state index in [4.69, 9.17) is 0 Å². The van der Waals surface area contributed by atoms with Crippen LogP contribution >= 0.6 is 11.3 Å². The highest BCUT2D eigenvalue weighted by atomic mass is 32.1. The van der Waals surface area contributed by atoms with Crippen molar-refractivity contribution in [3.05, 3.63) is 46.7 Å². The maximum Gasteiger partial charge on any atom is 0.143 e. The molecule has 0 radical (unpaired) electrons. The van der Waals surface area contributed by atoms with Crippen LogP contribution in [0.15, 0.2) is 36.0 Å². The van der Waals surface area contributed by atoms with Gasteiger partial charge < -0.3 is 5.32 Å². The highest BCUT2D eigenvalue weighted by Crippen LogP contribution is 2.25. The topological polar surface area (TPSA) is 68.5 Å². The van der Waals surface area contributed by atoms with Gasteiger partial charge in [0.15, 0.2) is 0 Å². The number of hydrogen-bond donors (Lipinski definition) is 1. The summed E-state index contributed by atoms with van der Waals surface area (Å²) < 4.78 is 1.64. The number of anilines is 1. The number of thiazole rings is 1. The van der Waals surface area contributed by atoms with Gasteiger partial charge in [-0.25, -0.2) is 4.98 Å². The largest absolute Gasteiger partial charge is 0.375 e. The molecule has 0 aliphatic carbocycles. The van der Waals surface area contributed by atoms with E-state index in [-0.39, 0.29) is 6.04 Å². The Morgan fingerprint density at radius 2 is 2.15 bits per heavy atom. The average Bonchev–Trinajstić information content (AvgIpc) is 3.10. The molecule has 6 nitrogen and oxygen atoms in total. The monoisotopic (exact) mass is 286 g/mol. The highest BCUT2D eigenvalue weighted by Gasteiger charge is 2.12. The molecule has 3 rings (SSSR count). The Morgan fingerprint density at radius 3 is 2.85 bits per heavy atom. The molecule has 1 atom stereocenters. The molecular weight excluding hydrogens is 272 g/mol. The van der Waals surface area contributed by atoms with E-state index in [1.807, 2.05) is 31.2 Å². The first-order valence-electron chi connectivity index (χ1n) is 6.25. The van der Waals surface area contributed by atoms with Crippen LogP contribution in [0.1, 0.15) is 23.7 Å². The fourth-order valence-corrected chi connectivity index (χ4v) is 2.66. The van der Waals surface area contributed by atoms with Crippen LogP contribution in [0.5, 0.6) is 0 Å². The van der Waals surface area contributed by atoms with Crippen molar-refractivity contribution in [3.8, 4) is 5.69 Å². The van der Waals surface area contributed by atoms with Gasteiger partial charge in [0.1, 0.15) is 6.33 Å². The summed E-state index contributed by atoms with van der Waals surface area (Å²) in [6.07, 6.45) is 1.58. The third kappa shape index (κ3) is 2.53. The number of nitrogens with one attached hydrogen (secondary N) is 1. The standard InChI is InChI=1S/C13H14N6S/c1-9(12-7-20-10(2)16-12)15-11-5-3-4-6-13(11)19-8-14-17-18-19/h3-9,15H,1-2H3. The SMILES string of the molecule is Cc1nc(C(C)Nc2ccccc2-n2cnnn2)cs1. The molecule has 0 aliphatic heterocycles. The highest BCUT2D eigenvalue weighted by molar-refractivity contribution is 7.09. The Morgan fingerprint density at radius 1 is 1.30 bits per heavy atom. The van der Waals surface area contributed by atoms with Crippen molar-refractivity contribution in [2.75, 3.05) is 5.32 Å². The lowest BCUT2D eigenvalue weighted by Crippen LogP contribution is -2.10. The number of nitrogens with zero attached hydrogens (tertiary/aromatic N) is 5. The van der Waals surface area contributed by atoms with Crippen molar-refractivity contribution in [1.29, 1.82) is 0 Å². The summed E-state index contributed by atoms with van der Waals surface area (Å²) in [6, 6.07) is 8.04. The van der Waals surface area contributed by atoms with Gasteiger partial charge in [0, 0.05) is 5.38 Å². The van der Waals surface area contributed by atoms with Crippen LogP contribution in [0, 0.1) is 6.92 Å². The lowest BCUT2D eigenvalue weighted by molar-refractivity contribution is 0.783. The Balaban J connectivity index is 1.88. The van der Waals surface area contributed by atoms with Crippen LogP contribution in [0.25, 0.3) is 5.69 Å². The molecule has 2 heterocycles. The first-order chi connectivity index (χ1) is 9.74. The van der Waals surface area contributed by atoms with Gasteiger partial charge in [0.05, 0.1) is 28.1 Å². The van der Waals surface area contributed by atoms with Gasteiger partial charge in [-0.05, 0) is 36.4 Å². The lowest BCUT2D eigenvalue weighted by atomic mass is 10.2. The molecule has 0 bridgehead atoms. The summed E-state index contributed by atoms with van der Waals surface area (Å²) in [5, 5.41) is 17.9. The summed E-state index contributed by atoms with van der Waals surface area (Å²) in [6.45, 7) is 4.10. The lowest BCUT2D eigenvalue weighted by Gasteiger charge is -2.16. The van der Waals surface area contributed by atoms with E-state index in [0.717, 1.165) is 22.1 Å². The molecule has 0 saturated heterocycles. The molecular formula is C13H14N6S. The maximum absolute atomic E-state index is 4.51. The molecule has 0 amide bonds. The van der Waals surface area contributed by atoms with Crippen molar-refractivity contribution in [2.45, 2.75) is 19.9 Å². The molecule has 2 aromatic heterocycles. The van der Waals surface area contributed by atoms with Crippen molar-refractivity contribution < 1.29 is 0 Å². The van der Waals surface area contributed by atoms with Crippen molar-refractivity contribution in [3.63, 3.8) is 0 Å². The number of aromatic nitrogens is 5. The van der Waals surface area contributed by atoms with E-state index in [2.05, 4.69) is 38.1 Å². The summed E-state index contributed by atoms with van der Waals surface area (Å²) in [5.41, 5.74) is 2.92. The molecule has 7 heteroatoms. The summed E-state index contributed by atoms with van der Waals surface area (Å²) in [4.78, 5) is 4.51. The van der Waals surface area contributed by atoms with Crippen LogP contribution in [0.2, 0.25) is 0 Å². The third-order valence-electron chi connectivity index (χ3n) is 2.95. The third-order valence-corrected chi connectivity index (χ3v) is 3.74. The number of para-hydroxylation sites is 2. The first-order valence-corrected chi connectivity index (χ1v) is 7.13. The number of rotatable bonds is 4. The minimum absolute atomic E-state index is 0.123.